The number of benzene rings is 1. The molecular weight excluding hydrogens is 286 g/mol. The van der Waals surface area contributed by atoms with Crippen molar-refractivity contribution in [1.82, 2.24) is 10.6 Å². The molecule has 122 valence electrons. The first-order chi connectivity index (χ1) is 10.8. The topological polar surface area (TPSA) is 33.3 Å². The van der Waals surface area contributed by atoms with Gasteiger partial charge in [-0.25, -0.2) is 8.78 Å². The molecule has 1 saturated carbocycles. The number of rotatable bonds is 5. The van der Waals surface area contributed by atoms with Crippen LogP contribution >= 0.6 is 0 Å². The monoisotopic (exact) mass is 310 g/mol. The van der Waals surface area contributed by atoms with Crippen molar-refractivity contribution < 1.29 is 13.5 Å². The zero-order chi connectivity index (χ0) is 15.4. The smallest absolute Gasteiger partial charge is 0.162 e. The summed E-state index contributed by atoms with van der Waals surface area (Å²) in [6, 6.07) is 5.24. The molecule has 22 heavy (non-hydrogen) atoms. The fourth-order valence-electron chi connectivity index (χ4n) is 3.72. The average Bonchev–Trinajstić information content (AvgIpc) is 3.01. The highest BCUT2D eigenvalue weighted by atomic mass is 19.2. The molecule has 5 heteroatoms. The Balaban J connectivity index is 1.51. The molecule has 0 spiro atoms. The minimum absolute atomic E-state index is 0.416. The lowest BCUT2D eigenvalue weighted by molar-refractivity contribution is 0.0526. The van der Waals surface area contributed by atoms with Crippen LogP contribution in [0.3, 0.4) is 0 Å². The third-order valence-electron chi connectivity index (χ3n) is 4.87. The van der Waals surface area contributed by atoms with E-state index in [4.69, 9.17) is 4.74 Å². The van der Waals surface area contributed by atoms with Gasteiger partial charge in [-0.1, -0.05) is 18.6 Å². The molecule has 0 bridgehead atoms. The highest BCUT2D eigenvalue weighted by Gasteiger charge is 2.34. The number of halogens is 2. The molecule has 1 aliphatic heterocycles. The Kier molecular flexibility index (Phi) is 5.39. The second-order valence-electron chi connectivity index (χ2n) is 6.25. The third-order valence-corrected chi connectivity index (χ3v) is 4.87. The number of hydrogen-bond donors (Lipinski definition) is 2. The molecule has 2 fully saturated rings. The van der Waals surface area contributed by atoms with Gasteiger partial charge >= 0.3 is 0 Å². The van der Waals surface area contributed by atoms with Crippen molar-refractivity contribution in [2.75, 3.05) is 26.3 Å². The van der Waals surface area contributed by atoms with E-state index >= 15 is 0 Å². The van der Waals surface area contributed by atoms with E-state index in [2.05, 4.69) is 10.6 Å². The zero-order valence-corrected chi connectivity index (χ0v) is 12.8. The largest absolute Gasteiger partial charge is 0.379 e. The number of nitrogens with one attached hydrogen (secondary N) is 2. The van der Waals surface area contributed by atoms with Crippen LogP contribution in [0.25, 0.3) is 0 Å². The van der Waals surface area contributed by atoms with Crippen molar-refractivity contribution in [1.29, 1.82) is 0 Å². The van der Waals surface area contributed by atoms with Gasteiger partial charge in [-0.05, 0) is 43.4 Å². The molecule has 0 radical (unpaired) electrons. The number of ether oxygens (including phenoxy) is 1. The van der Waals surface area contributed by atoms with Gasteiger partial charge in [0, 0.05) is 18.6 Å². The highest BCUT2D eigenvalue weighted by Crippen LogP contribution is 2.29. The van der Waals surface area contributed by atoms with E-state index in [9.17, 15) is 8.78 Å². The summed E-state index contributed by atoms with van der Waals surface area (Å²) < 4.78 is 32.4. The van der Waals surface area contributed by atoms with E-state index < -0.39 is 11.6 Å². The Hall–Kier alpha value is -1.04. The average molecular weight is 310 g/mol. The molecule has 3 unspecified atom stereocenters. The molecule has 1 heterocycles. The Bertz CT molecular complexity index is 492. The summed E-state index contributed by atoms with van der Waals surface area (Å²) in [6.45, 7) is 3.17. The summed E-state index contributed by atoms with van der Waals surface area (Å²) >= 11 is 0. The molecule has 3 rings (SSSR count). The van der Waals surface area contributed by atoms with Gasteiger partial charge < -0.3 is 15.4 Å². The van der Waals surface area contributed by atoms with Crippen molar-refractivity contribution in [2.24, 2.45) is 5.92 Å². The quantitative estimate of drug-likeness (QED) is 0.875. The summed E-state index contributed by atoms with van der Waals surface area (Å²) in [5, 5.41) is 7.08. The van der Waals surface area contributed by atoms with Crippen LogP contribution in [0.2, 0.25) is 0 Å². The van der Waals surface area contributed by atoms with Crippen LogP contribution in [0.15, 0.2) is 18.2 Å². The van der Waals surface area contributed by atoms with E-state index in [1.165, 1.54) is 12.8 Å². The van der Waals surface area contributed by atoms with Crippen LogP contribution in [0, 0.1) is 17.6 Å². The van der Waals surface area contributed by atoms with E-state index in [1.807, 2.05) is 0 Å². The second-order valence-corrected chi connectivity index (χ2v) is 6.25. The molecule has 3 atom stereocenters. The van der Waals surface area contributed by atoms with E-state index in [1.54, 1.807) is 12.1 Å². The molecule has 2 aliphatic rings. The van der Waals surface area contributed by atoms with E-state index in [0.717, 1.165) is 32.2 Å². The van der Waals surface area contributed by atoms with Crippen LogP contribution in [-0.2, 0) is 11.2 Å². The van der Waals surface area contributed by atoms with Crippen molar-refractivity contribution in [3.63, 3.8) is 0 Å². The lowest BCUT2D eigenvalue weighted by Gasteiger charge is -2.33. The van der Waals surface area contributed by atoms with Gasteiger partial charge in [0.2, 0.25) is 0 Å². The van der Waals surface area contributed by atoms with Crippen LogP contribution in [-0.4, -0.2) is 38.4 Å². The summed E-state index contributed by atoms with van der Waals surface area (Å²) in [6.07, 6.45) is 4.08. The first-order valence-electron chi connectivity index (χ1n) is 8.23. The Morgan fingerprint density at radius 2 is 2.18 bits per heavy atom. The fourth-order valence-corrected chi connectivity index (χ4v) is 3.72. The first kappa shape index (κ1) is 15.8. The summed E-state index contributed by atoms with van der Waals surface area (Å²) in [7, 11) is 0. The maximum Gasteiger partial charge on any atom is 0.162 e. The predicted octanol–water partition coefficient (Wildman–Crippen LogP) is 2.25. The molecule has 0 amide bonds. The molecule has 1 aliphatic carbocycles. The van der Waals surface area contributed by atoms with Gasteiger partial charge in [0.1, 0.15) is 0 Å². The van der Waals surface area contributed by atoms with Gasteiger partial charge in [0.05, 0.1) is 13.2 Å². The van der Waals surface area contributed by atoms with Crippen molar-refractivity contribution in [2.45, 2.75) is 37.8 Å². The van der Waals surface area contributed by atoms with Gasteiger partial charge in [0.25, 0.3) is 0 Å². The van der Waals surface area contributed by atoms with Crippen LogP contribution < -0.4 is 10.6 Å². The predicted molar refractivity (Wildman–Crippen MR) is 81.8 cm³/mol. The Morgan fingerprint density at radius 1 is 1.27 bits per heavy atom. The van der Waals surface area contributed by atoms with Gasteiger partial charge in [-0.3, -0.25) is 0 Å². The van der Waals surface area contributed by atoms with Gasteiger partial charge in [-0.2, -0.15) is 0 Å². The zero-order valence-electron chi connectivity index (χ0n) is 12.8. The van der Waals surface area contributed by atoms with E-state index in [0.29, 0.717) is 36.5 Å². The van der Waals surface area contributed by atoms with E-state index in [-0.39, 0.29) is 0 Å². The summed E-state index contributed by atoms with van der Waals surface area (Å²) in [5.74, 6) is -0.910. The van der Waals surface area contributed by atoms with Crippen molar-refractivity contribution in [3.05, 3.63) is 35.4 Å². The van der Waals surface area contributed by atoms with Crippen molar-refractivity contribution in [3.8, 4) is 0 Å². The Morgan fingerprint density at radius 3 is 3.00 bits per heavy atom. The summed E-state index contributed by atoms with van der Waals surface area (Å²) in [5.41, 5.74) is 0.446. The molecule has 0 aromatic heterocycles. The molecule has 1 aromatic carbocycles. The highest BCUT2D eigenvalue weighted by molar-refractivity contribution is 5.19. The number of hydrogen-bond acceptors (Lipinski definition) is 3. The maximum absolute atomic E-state index is 13.6. The maximum atomic E-state index is 13.6. The lowest BCUT2D eigenvalue weighted by atomic mass is 9.94. The minimum Gasteiger partial charge on any atom is -0.379 e. The van der Waals surface area contributed by atoms with Gasteiger partial charge in [0.15, 0.2) is 11.6 Å². The lowest BCUT2D eigenvalue weighted by Crippen LogP contribution is -2.51. The molecular formula is C17H24F2N2O. The first-order valence-corrected chi connectivity index (χ1v) is 8.23. The SMILES string of the molecule is Fc1cccc(CCNC2CCCC2C2COCCN2)c1F. The Labute approximate surface area is 130 Å². The molecule has 3 nitrogen and oxygen atoms in total. The molecule has 2 N–H and O–H groups in total. The molecule has 1 aromatic rings. The fraction of sp³-hybridized carbons (Fsp3) is 0.647. The standard InChI is InChI=1S/C17H24F2N2O/c18-14-5-1-3-12(17(14)19)7-8-20-15-6-2-4-13(15)16-11-22-10-9-21-16/h1,3,5,13,15-16,20-21H,2,4,6-11H2. The van der Waals surface area contributed by atoms with Crippen LogP contribution in [0.4, 0.5) is 8.78 Å². The van der Waals surface area contributed by atoms with Crippen molar-refractivity contribution >= 4 is 0 Å². The van der Waals surface area contributed by atoms with Crippen LogP contribution in [0.5, 0.6) is 0 Å². The van der Waals surface area contributed by atoms with Gasteiger partial charge in [-0.15, -0.1) is 0 Å². The number of morpholine rings is 1. The third kappa shape index (κ3) is 3.65. The summed E-state index contributed by atoms with van der Waals surface area (Å²) in [4.78, 5) is 0. The van der Waals surface area contributed by atoms with Crippen LogP contribution in [0.1, 0.15) is 24.8 Å². The second kappa shape index (κ2) is 7.49. The molecule has 1 saturated heterocycles. The normalized spacial score (nSPS) is 28.9. The minimum atomic E-state index is -0.764.